The van der Waals surface area contributed by atoms with Crippen molar-refractivity contribution in [2.45, 2.75) is 20.4 Å². The second-order valence-corrected chi connectivity index (χ2v) is 6.68. The predicted octanol–water partition coefficient (Wildman–Crippen LogP) is 3.77. The van der Waals surface area contributed by atoms with Crippen LogP contribution in [0.1, 0.15) is 22.3 Å². The van der Waals surface area contributed by atoms with Gasteiger partial charge in [-0.05, 0) is 30.5 Å². The third-order valence-electron chi connectivity index (χ3n) is 3.87. The standard InChI is InChI=1S/C19H19N3OS/c1-14-7-9-16(10-8-14)11-20-21-19-22(18(23)13-24-19)12-17-6-4-3-5-15(17)2/h3-11H,12-13H2,1-2H3. The van der Waals surface area contributed by atoms with Crippen LogP contribution in [0.2, 0.25) is 0 Å². The molecule has 1 aliphatic rings. The normalized spacial score (nSPS) is 16.5. The number of benzene rings is 2. The van der Waals surface area contributed by atoms with Crippen LogP contribution < -0.4 is 0 Å². The van der Waals surface area contributed by atoms with Crippen molar-refractivity contribution in [2.75, 3.05) is 5.75 Å². The molecule has 2 aromatic rings. The molecule has 0 unspecified atom stereocenters. The number of amidine groups is 1. The molecule has 0 spiro atoms. The van der Waals surface area contributed by atoms with Crippen LogP contribution >= 0.6 is 11.8 Å². The van der Waals surface area contributed by atoms with Gasteiger partial charge in [-0.1, -0.05) is 65.9 Å². The van der Waals surface area contributed by atoms with Crippen molar-refractivity contribution in [3.05, 3.63) is 70.8 Å². The lowest BCUT2D eigenvalue weighted by atomic mass is 10.1. The van der Waals surface area contributed by atoms with Crippen molar-refractivity contribution in [2.24, 2.45) is 10.2 Å². The lowest BCUT2D eigenvalue weighted by molar-refractivity contribution is -0.124. The fourth-order valence-corrected chi connectivity index (χ4v) is 3.22. The molecule has 1 amide bonds. The minimum Gasteiger partial charge on any atom is -0.285 e. The van der Waals surface area contributed by atoms with E-state index in [0.717, 1.165) is 11.1 Å². The summed E-state index contributed by atoms with van der Waals surface area (Å²) in [5.41, 5.74) is 4.50. The highest BCUT2D eigenvalue weighted by Gasteiger charge is 2.28. The topological polar surface area (TPSA) is 45.0 Å². The number of thioether (sulfide) groups is 1. The lowest BCUT2D eigenvalue weighted by Crippen LogP contribution is -2.29. The molecule has 0 aliphatic carbocycles. The van der Waals surface area contributed by atoms with E-state index < -0.39 is 0 Å². The van der Waals surface area contributed by atoms with Gasteiger partial charge in [-0.15, -0.1) is 5.10 Å². The lowest BCUT2D eigenvalue weighted by Gasteiger charge is -2.16. The monoisotopic (exact) mass is 337 g/mol. The van der Waals surface area contributed by atoms with Gasteiger partial charge in [-0.3, -0.25) is 9.69 Å². The van der Waals surface area contributed by atoms with Crippen LogP contribution in [0.4, 0.5) is 0 Å². The summed E-state index contributed by atoms with van der Waals surface area (Å²) < 4.78 is 0. The van der Waals surface area contributed by atoms with E-state index in [2.05, 4.69) is 23.2 Å². The Hall–Kier alpha value is -2.40. The molecule has 3 rings (SSSR count). The highest BCUT2D eigenvalue weighted by atomic mass is 32.2. The van der Waals surface area contributed by atoms with Crippen LogP contribution in [0.3, 0.4) is 0 Å². The van der Waals surface area contributed by atoms with Crippen LogP contribution in [0.5, 0.6) is 0 Å². The van der Waals surface area contributed by atoms with Gasteiger partial charge in [0.25, 0.3) is 0 Å². The predicted molar refractivity (Wildman–Crippen MR) is 100 cm³/mol. The van der Waals surface area contributed by atoms with Crippen molar-refractivity contribution in [3.8, 4) is 0 Å². The highest BCUT2D eigenvalue weighted by molar-refractivity contribution is 8.15. The summed E-state index contributed by atoms with van der Waals surface area (Å²) >= 11 is 1.43. The summed E-state index contributed by atoms with van der Waals surface area (Å²) in [5.74, 6) is 0.498. The third kappa shape index (κ3) is 3.92. The zero-order chi connectivity index (χ0) is 16.9. The molecule has 0 N–H and O–H groups in total. The number of nitrogens with zero attached hydrogens (tertiary/aromatic N) is 3. The first kappa shape index (κ1) is 16.5. The van der Waals surface area contributed by atoms with Crippen molar-refractivity contribution < 1.29 is 4.79 Å². The van der Waals surface area contributed by atoms with Crippen LogP contribution in [0, 0.1) is 13.8 Å². The van der Waals surface area contributed by atoms with Crippen LogP contribution in [0.25, 0.3) is 0 Å². The first-order chi connectivity index (χ1) is 11.6. The second-order valence-electron chi connectivity index (χ2n) is 5.73. The first-order valence-corrected chi connectivity index (χ1v) is 8.77. The van der Waals surface area contributed by atoms with Gasteiger partial charge in [-0.25, -0.2) is 0 Å². The first-order valence-electron chi connectivity index (χ1n) is 7.79. The number of hydrogen-bond donors (Lipinski definition) is 0. The molecule has 0 saturated carbocycles. The van der Waals surface area contributed by atoms with Crippen LogP contribution in [-0.2, 0) is 11.3 Å². The van der Waals surface area contributed by atoms with Gasteiger partial charge in [0.2, 0.25) is 5.91 Å². The van der Waals surface area contributed by atoms with E-state index in [4.69, 9.17) is 0 Å². The van der Waals surface area contributed by atoms with Crippen LogP contribution in [0.15, 0.2) is 58.7 Å². The maximum atomic E-state index is 12.1. The summed E-state index contributed by atoms with van der Waals surface area (Å²) in [6.07, 6.45) is 1.71. The van der Waals surface area contributed by atoms with Gasteiger partial charge in [-0.2, -0.15) is 5.10 Å². The Balaban J connectivity index is 1.75. The molecule has 1 aliphatic heterocycles. The SMILES string of the molecule is Cc1ccc(C=NN=C2SCC(=O)N2Cc2ccccc2C)cc1. The van der Waals surface area contributed by atoms with E-state index in [1.165, 1.54) is 22.9 Å². The van der Waals surface area contributed by atoms with Crippen molar-refractivity contribution in [1.29, 1.82) is 0 Å². The number of rotatable bonds is 4. The molecule has 0 radical (unpaired) electrons. The van der Waals surface area contributed by atoms with Gasteiger partial charge in [0.15, 0.2) is 5.17 Å². The zero-order valence-electron chi connectivity index (χ0n) is 13.8. The molecule has 0 aromatic heterocycles. The van der Waals surface area contributed by atoms with Gasteiger partial charge >= 0.3 is 0 Å². The molecule has 0 atom stereocenters. The smallest absolute Gasteiger partial charge is 0.239 e. The maximum Gasteiger partial charge on any atom is 0.239 e. The van der Waals surface area contributed by atoms with E-state index in [1.807, 2.05) is 49.4 Å². The van der Waals surface area contributed by atoms with Gasteiger partial charge in [0, 0.05) is 0 Å². The molecule has 122 valence electrons. The molecule has 5 heteroatoms. The molecular weight excluding hydrogens is 318 g/mol. The Morgan fingerprint density at radius 1 is 1.12 bits per heavy atom. The Morgan fingerprint density at radius 2 is 1.88 bits per heavy atom. The van der Waals surface area contributed by atoms with E-state index in [9.17, 15) is 4.79 Å². The van der Waals surface area contributed by atoms with Crippen molar-refractivity contribution >= 4 is 29.1 Å². The van der Waals surface area contributed by atoms with Gasteiger partial charge in [0.1, 0.15) is 0 Å². The molecule has 4 nitrogen and oxygen atoms in total. The molecule has 1 saturated heterocycles. The number of hydrogen-bond acceptors (Lipinski definition) is 4. The average Bonchev–Trinajstić information content (AvgIpc) is 2.92. The van der Waals surface area contributed by atoms with Gasteiger partial charge < -0.3 is 0 Å². The Bertz CT molecular complexity index is 797. The fraction of sp³-hybridized carbons (Fsp3) is 0.211. The Kier molecular flexibility index (Phi) is 5.11. The second kappa shape index (κ2) is 7.45. The number of carbonyl (C=O) groups excluding carboxylic acids is 1. The molecule has 24 heavy (non-hydrogen) atoms. The molecule has 1 fully saturated rings. The molecule has 1 heterocycles. The van der Waals surface area contributed by atoms with Crippen LogP contribution in [-0.4, -0.2) is 27.9 Å². The number of carbonyl (C=O) groups is 1. The summed E-state index contributed by atoms with van der Waals surface area (Å²) in [5, 5.41) is 9.06. The van der Waals surface area contributed by atoms with Crippen molar-refractivity contribution in [1.82, 2.24) is 4.90 Å². The minimum absolute atomic E-state index is 0.0764. The Labute approximate surface area is 146 Å². The summed E-state index contributed by atoms with van der Waals surface area (Å²) in [6, 6.07) is 16.1. The number of aryl methyl sites for hydroxylation is 2. The molecule has 0 bridgehead atoms. The minimum atomic E-state index is 0.0764. The van der Waals surface area contributed by atoms with Gasteiger partial charge in [0.05, 0.1) is 18.5 Å². The third-order valence-corrected chi connectivity index (χ3v) is 4.83. The largest absolute Gasteiger partial charge is 0.285 e. The average molecular weight is 337 g/mol. The van der Waals surface area contributed by atoms with Crippen molar-refractivity contribution in [3.63, 3.8) is 0 Å². The van der Waals surface area contributed by atoms with E-state index in [-0.39, 0.29) is 5.91 Å². The molecule has 2 aromatic carbocycles. The zero-order valence-corrected chi connectivity index (χ0v) is 14.6. The Morgan fingerprint density at radius 3 is 2.62 bits per heavy atom. The number of amides is 1. The van der Waals surface area contributed by atoms with E-state index >= 15 is 0 Å². The summed E-state index contributed by atoms with van der Waals surface area (Å²) in [4.78, 5) is 13.9. The highest BCUT2D eigenvalue weighted by Crippen LogP contribution is 2.23. The summed E-state index contributed by atoms with van der Waals surface area (Å²) in [6.45, 7) is 4.64. The quantitative estimate of drug-likeness (QED) is 0.630. The van der Waals surface area contributed by atoms with E-state index in [0.29, 0.717) is 17.5 Å². The summed E-state index contributed by atoms with van der Waals surface area (Å²) in [7, 11) is 0. The fourth-order valence-electron chi connectivity index (χ4n) is 2.38. The van der Waals surface area contributed by atoms with E-state index in [1.54, 1.807) is 11.1 Å². The maximum absolute atomic E-state index is 12.1. The molecular formula is C19H19N3OS.